The van der Waals surface area contributed by atoms with Crippen molar-refractivity contribution in [1.29, 1.82) is 0 Å². The number of nitrogens with one attached hydrogen (secondary N) is 1. The van der Waals surface area contributed by atoms with Gasteiger partial charge in [-0.15, -0.1) is 0 Å². The molecule has 4 heteroatoms. The third kappa shape index (κ3) is 5.11. The fourth-order valence-electron chi connectivity index (χ4n) is 2.28. The molecule has 0 radical (unpaired) electrons. The normalized spacial score (nSPS) is 15.8. The van der Waals surface area contributed by atoms with Crippen LogP contribution >= 0.6 is 11.8 Å². The first-order chi connectivity index (χ1) is 10.2. The van der Waals surface area contributed by atoms with Crippen molar-refractivity contribution in [3.63, 3.8) is 0 Å². The molecule has 0 saturated heterocycles. The molecule has 118 valence electrons. The fraction of sp³-hybridized carbons (Fsp3) is 0.647. The average molecular weight is 309 g/mol. The quantitative estimate of drug-likeness (QED) is 0.824. The summed E-state index contributed by atoms with van der Waals surface area (Å²) in [7, 11) is 0. The summed E-state index contributed by atoms with van der Waals surface area (Å²) in [5, 5.41) is 4.30. The number of fused-ring (bicyclic) bond motifs is 1. The highest BCUT2D eigenvalue weighted by Crippen LogP contribution is 2.33. The lowest BCUT2D eigenvalue weighted by molar-refractivity contribution is 0.297. The minimum atomic E-state index is 0.370. The number of benzene rings is 1. The number of thioether (sulfide) groups is 1. The zero-order chi connectivity index (χ0) is 15.1. The highest BCUT2D eigenvalue weighted by atomic mass is 32.2. The van der Waals surface area contributed by atoms with E-state index in [-0.39, 0.29) is 0 Å². The predicted molar refractivity (Wildman–Crippen MR) is 90.7 cm³/mol. The van der Waals surface area contributed by atoms with Crippen molar-refractivity contribution >= 4 is 11.8 Å². The van der Waals surface area contributed by atoms with E-state index in [0.29, 0.717) is 11.3 Å². The molecule has 0 aromatic heterocycles. The highest BCUT2D eigenvalue weighted by molar-refractivity contribution is 7.99. The first kappa shape index (κ1) is 16.5. The Kier molecular flexibility index (Phi) is 6.71. The maximum atomic E-state index is 5.81. The van der Waals surface area contributed by atoms with Crippen LogP contribution < -0.4 is 14.8 Å². The van der Waals surface area contributed by atoms with Crippen LogP contribution in [0.1, 0.15) is 45.2 Å². The lowest BCUT2D eigenvalue weighted by atomic mass is 10.1. The van der Waals surface area contributed by atoms with E-state index in [4.69, 9.17) is 9.47 Å². The number of ether oxygens (including phenoxy) is 2. The number of hydrogen-bond acceptors (Lipinski definition) is 4. The maximum absolute atomic E-state index is 5.81. The Hall–Kier alpha value is -0.870. The molecule has 0 spiro atoms. The van der Waals surface area contributed by atoms with Crippen LogP contribution in [-0.2, 0) is 0 Å². The summed E-state index contributed by atoms with van der Waals surface area (Å²) in [4.78, 5) is 0. The van der Waals surface area contributed by atoms with Gasteiger partial charge >= 0.3 is 0 Å². The first-order valence-electron chi connectivity index (χ1n) is 7.95. The largest absolute Gasteiger partial charge is 0.490 e. The molecule has 1 N–H and O–H groups in total. The molecule has 0 saturated carbocycles. The van der Waals surface area contributed by atoms with Crippen molar-refractivity contribution in [3.8, 4) is 11.5 Å². The second-order valence-corrected chi connectivity index (χ2v) is 7.25. The van der Waals surface area contributed by atoms with Crippen LogP contribution in [0, 0.1) is 0 Å². The number of hydrogen-bond donors (Lipinski definition) is 1. The second-order valence-electron chi connectivity index (χ2n) is 5.65. The molecule has 0 aliphatic carbocycles. The van der Waals surface area contributed by atoms with E-state index in [0.717, 1.165) is 49.9 Å². The van der Waals surface area contributed by atoms with Gasteiger partial charge in [-0.1, -0.05) is 26.8 Å². The van der Waals surface area contributed by atoms with E-state index in [9.17, 15) is 0 Å². The number of rotatable bonds is 7. The molecule has 1 atom stereocenters. The topological polar surface area (TPSA) is 30.5 Å². The molecular formula is C17H27NO2S. The lowest BCUT2D eigenvalue weighted by Gasteiger charge is -2.21. The van der Waals surface area contributed by atoms with E-state index in [1.807, 2.05) is 11.8 Å². The molecule has 1 aromatic carbocycles. The minimum Gasteiger partial charge on any atom is -0.490 e. The molecule has 1 heterocycles. The van der Waals surface area contributed by atoms with E-state index >= 15 is 0 Å². The Balaban J connectivity index is 2.12. The zero-order valence-corrected chi connectivity index (χ0v) is 14.2. The van der Waals surface area contributed by atoms with Gasteiger partial charge in [0.1, 0.15) is 0 Å². The third-order valence-corrected chi connectivity index (χ3v) is 4.60. The van der Waals surface area contributed by atoms with Gasteiger partial charge < -0.3 is 14.8 Å². The molecule has 0 fully saturated rings. The molecule has 1 aromatic rings. The summed E-state index contributed by atoms with van der Waals surface area (Å²) >= 11 is 1.99. The smallest absolute Gasteiger partial charge is 0.161 e. The predicted octanol–water partition coefficient (Wildman–Crippen LogP) is 4.03. The molecule has 1 aliphatic heterocycles. The molecule has 0 amide bonds. The van der Waals surface area contributed by atoms with Gasteiger partial charge in [-0.3, -0.25) is 0 Å². The van der Waals surface area contributed by atoms with E-state index in [2.05, 4.69) is 44.3 Å². The van der Waals surface area contributed by atoms with Crippen LogP contribution in [0.5, 0.6) is 11.5 Å². The fourth-order valence-corrected chi connectivity index (χ4v) is 3.16. The molecule has 3 nitrogen and oxygen atoms in total. The Bertz CT molecular complexity index is 437. The van der Waals surface area contributed by atoms with Gasteiger partial charge in [0.15, 0.2) is 11.5 Å². The monoisotopic (exact) mass is 309 g/mol. The van der Waals surface area contributed by atoms with Crippen molar-refractivity contribution in [1.82, 2.24) is 5.32 Å². The Morgan fingerprint density at radius 1 is 1.19 bits per heavy atom. The van der Waals surface area contributed by atoms with Crippen LogP contribution in [0.15, 0.2) is 18.2 Å². The Labute approximate surface area is 132 Å². The average Bonchev–Trinajstić information content (AvgIpc) is 2.71. The van der Waals surface area contributed by atoms with Gasteiger partial charge in [0, 0.05) is 18.2 Å². The van der Waals surface area contributed by atoms with Crippen molar-refractivity contribution in [2.24, 2.45) is 0 Å². The summed E-state index contributed by atoms with van der Waals surface area (Å²) in [6.07, 6.45) is 2.10. The van der Waals surface area contributed by atoms with E-state index in [1.165, 1.54) is 5.56 Å². The van der Waals surface area contributed by atoms with Crippen molar-refractivity contribution in [3.05, 3.63) is 23.8 Å². The van der Waals surface area contributed by atoms with Crippen LogP contribution in [0.3, 0.4) is 0 Å². The van der Waals surface area contributed by atoms with Crippen molar-refractivity contribution in [2.75, 3.05) is 25.5 Å². The van der Waals surface area contributed by atoms with Crippen molar-refractivity contribution in [2.45, 2.75) is 44.9 Å². The molecular weight excluding hydrogens is 282 g/mol. The van der Waals surface area contributed by atoms with E-state index in [1.54, 1.807) is 0 Å². The Morgan fingerprint density at radius 2 is 1.95 bits per heavy atom. The van der Waals surface area contributed by atoms with Crippen LogP contribution in [0.2, 0.25) is 0 Å². The minimum absolute atomic E-state index is 0.370. The summed E-state index contributed by atoms with van der Waals surface area (Å²) in [6, 6.07) is 6.74. The summed E-state index contributed by atoms with van der Waals surface area (Å²) in [5.41, 5.74) is 1.29. The summed E-state index contributed by atoms with van der Waals surface area (Å²) < 4.78 is 11.5. The molecule has 1 aliphatic rings. The van der Waals surface area contributed by atoms with Gasteiger partial charge in [0.25, 0.3) is 0 Å². The van der Waals surface area contributed by atoms with Crippen molar-refractivity contribution < 1.29 is 9.47 Å². The van der Waals surface area contributed by atoms with Gasteiger partial charge in [-0.05, 0) is 35.9 Å². The Morgan fingerprint density at radius 3 is 2.67 bits per heavy atom. The van der Waals surface area contributed by atoms with Gasteiger partial charge in [-0.25, -0.2) is 0 Å². The summed E-state index contributed by atoms with van der Waals surface area (Å²) in [6.45, 7) is 9.22. The van der Waals surface area contributed by atoms with Crippen LogP contribution in [0.4, 0.5) is 0 Å². The highest BCUT2D eigenvalue weighted by Gasteiger charge is 2.16. The lowest BCUT2D eigenvalue weighted by Crippen LogP contribution is -2.24. The standard InChI is InChI=1S/C17H27NO2S/c1-4-8-18-15(12-21-13(2)3)14-6-7-16-17(11-14)20-10-5-9-19-16/h6-7,11,13,15,18H,4-5,8-10,12H2,1-3H3. The first-order valence-corrected chi connectivity index (χ1v) is 9.00. The van der Waals surface area contributed by atoms with Gasteiger partial charge in [-0.2, -0.15) is 11.8 Å². The molecule has 2 rings (SSSR count). The maximum Gasteiger partial charge on any atom is 0.161 e. The third-order valence-electron chi connectivity index (χ3n) is 3.41. The second kappa shape index (κ2) is 8.54. The summed E-state index contributed by atoms with van der Waals surface area (Å²) in [5.74, 6) is 2.85. The zero-order valence-electron chi connectivity index (χ0n) is 13.4. The molecule has 21 heavy (non-hydrogen) atoms. The van der Waals surface area contributed by atoms with Gasteiger partial charge in [0.05, 0.1) is 13.2 Å². The van der Waals surface area contributed by atoms with Gasteiger partial charge in [0.2, 0.25) is 0 Å². The van der Waals surface area contributed by atoms with Crippen LogP contribution in [-0.4, -0.2) is 30.8 Å². The molecule has 1 unspecified atom stereocenters. The van der Waals surface area contributed by atoms with E-state index < -0.39 is 0 Å². The molecule has 0 bridgehead atoms. The SMILES string of the molecule is CCCNC(CSC(C)C)c1ccc2c(c1)OCCCO2. The van der Waals surface area contributed by atoms with Crippen LogP contribution in [0.25, 0.3) is 0 Å².